The second-order valence-corrected chi connectivity index (χ2v) is 18.8. The summed E-state index contributed by atoms with van der Waals surface area (Å²) in [5.74, 6) is 0. The topological polar surface area (TPSA) is 45.9 Å². The molecular weight excluding hydrogens is 853 g/mol. The van der Waals surface area contributed by atoms with Gasteiger partial charge in [0.1, 0.15) is 33.5 Å². The highest BCUT2D eigenvalue weighted by molar-refractivity contribution is 7.26. The van der Waals surface area contributed by atoms with Gasteiger partial charge in [0, 0.05) is 92.9 Å². The molecular formula is C62H40N2O3S. The number of thiophene rings is 1. The SMILES string of the molecule is Cc1ccccc1-c1c(C)cccc1N(c1ccccc1)c1ccc2c(c1)oc1cc3c(cc12)oc1cc2c(cc13)oc1cc(N(c3ccccc3)c3cccc4sc5ccccc5c34)ccc12. The monoisotopic (exact) mass is 892 g/mol. The maximum absolute atomic E-state index is 6.79. The summed E-state index contributed by atoms with van der Waals surface area (Å²) in [5.41, 5.74) is 16.1. The van der Waals surface area contributed by atoms with Gasteiger partial charge in [0.15, 0.2) is 0 Å². The molecule has 0 spiro atoms. The fourth-order valence-electron chi connectivity index (χ4n) is 10.6. The minimum atomic E-state index is 0.804. The molecule has 0 fully saturated rings. The van der Waals surface area contributed by atoms with Gasteiger partial charge in [0.05, 0.1) is 11.4 Å². The van der Waals surface area contributed by atoms with Crippen LogP contribution in [0.5, 0.6) is 0 Å². The van der Waals surface area contributed by atoms with Crippen molar-refractivity contribution >= 4 is 131 Å². The molecule has 0 aliphatic rings. The zero-order valence-electron chi connectivity index (χ0n) is 37.2. The first-order chi connectivity index (χ1) is 33.5. The second kappa shape index (κ2) is 15.0. The van der Waals surface area contributed by atoms with Gasteiger partial charge in [-0.3, -0.25) is 0 Å². The van der Waals surface area contributed by atoms with E-state index in [1.807, 2.05) is 11.3 Å². The van der Waals surface area contributed by atoms with Crippen molar-refractivity contribution in [3.63, 3.8) is 0 Å². The Morgan fingerprint density at radius 1 is 0.324 bits per heavy atom. The van der Waals surface area contributed by atoms with Gasteiger partial charge in [-0.05, 0) is 128 Å². The number of nitrogens with zero attached hydrogens (tertiary/aromatic N) is 2. The summed E-state index contributed by atoms with van der Waals surface area (Å²) >= 11 is 1.83. The van der Waals surface area contributed by atoms with Gasteiger partial charge in [-0.15, -0.1) is 11.3 Å². The first kappa shape index (κ1) is 38.7. The Balaban J connectivity index is 0.882. The van der Waals surface area contributed by atoms with E-state index < -0.39 is 0 Å². The smallest absolute Gasteiger partial charge is 0.137 e. The maximum Gasteiger partial charge on any atom is 0.137 e. The van der Waals surface area contributed by atoms with Crippen LogP contribution in [0.1, 0.15) is 11.1 Å². The summed E-state index contributed by atoms with van der Waals surface area (Å²) in [4.78, 5) is 4.69. The lowest BCUT2D eigenvalue weighted by atomic mass is 9.94. The molecule has 0 atom stereocenters. The van der Waals surface area contributed by atoms with Gasteiger partial charge in [-0.2, -0.15) is 0 Å². The molecule has 14 rings (SSSR count). The van der Waals surface area contributed by atoms with Crippen LogP contribution in [0.4, 0.5) is 34.1 Å². The predicted octanol–water partition coefficient (Wildman–Crippen LogP) is 19.0. The van der Waals surface area contributed by atoms with E-state index in [1.54, 1.807) is 0 Å². The van der Waals surface area contributed by atoms with Gasteiger partial charge < -0.3 is 23.1 Å². The molecule has 0 N–H and O–H groups in total. The molecule has 0 aliphatic carbocycles. The Bertz CT molecular complexity index is 4310. The van der Waals surface area contributed by atoms with E-state index in [1.165, 1.54) is 42.4 Å². The minimum Gasteiger partial charge on any atom is -0.456 e. The number of fused-ring (bicyclic) bond motifs is 12. The van der Waals surface area contributed by atoms with Gasteiger partial charge >= 0.3 is 0 Å². The van der Waals surface area contributed by atoms with Crippen LogP contribution in [0.25, 0.3) is 97.1 Å². The molecule has 4 heterocycles. The third-order valence-electron chi connectivity index (χ3n) is 13.7. The molecule has 0 amide bonds. The lowest BCUT2D eigenvalue weighted by Crippen LogP contribution is -2.11. The minimum absolute atomic E-state index is 0.804. The Morgan fingerprint density at radius 3 is 1.38 bits per heavy atom. The van der Waals surface area contributed by atoms with E-state index in [-0.39, 0.29) is 0 Å². The molecule has 6 heteroatoms. The number of benzene rings is 10. The molecule has 14 aromatic rings. The Kier molecular flexibility index (Phi) is 8.51. The van der Waals surface area contributed by atoms with Crippen LogP contribution in [0.15, 0.2) is 220 Å². The van der Waals surface area contributed by atoms with Crippen molar-refractivity contribution in [2.45, 2.75) is 13.8 Å². The molecule has 322 valence electrons. The summed E-state index contributed by atoms with van der Waals surface area (Å²) < 4.78 is 22.8. The van der Waals surface area contributed by atoms with Gasteiger partial charge in [-0.25, -0.2) is 0 Å². The molecule has 0 saturated carbocycles. The number of furan rings is 3. The molecule has 0 aliphatic heterocycles. The van der Waals surface area contributed by atoms with Gasteiger partial charge in [0.2, 0.25) is 0 Å². The maximum atomic E-state index is 6.79. The number of aryl methyl sites for hydroxylation is 2. The molecule has 0 bridgehead atoms. The van der Waals surface area contributed by atoms with E-state index >= 15 is 0 Å². The van der Waals surface area contributed by atoms with Crippen molar-refractivity contribution < 1.29 is 13.3 Å². The molecule has 0 saturated heterocycles. The highest BCUT2D eigenvalue weighted by Gasteiger charge is 2.23. The van der Waals surface area contributed by atoms with Crippen molar-refractivity contribution in [1.82, 2.24) is 0 Å². The number of para-hydroxylation sites is 2. The largest absolute Gasteiger partial charge is 0.456 e. The van der Waals surface area contributed by atoms with E-state index in [2.05, 4.69) is 230 Å². The van der Waals surface area contributed by atoms with Crippen molar-refractivity contribution in [3.8, 4) is 11.1 Å². The summed E-state index contributed by atoms with van der Waals surface area (Å²) in [6.45, 7) is 4.38. The summed E-state index contributed by atoms with van der Waals surface area (Å²) in [7, 11) is 0. The molecule has 0 unspecified atom stereocenters. The lowest BCUT2D eigenvalue weighted by molar-refractivity contribution is 0.662. The van der Waals surface area contributed by atoms with Crippen LogP contribution in [-0.2, 0) is 0 Å². The van der Waals surface area contributed by atoms with Crippen molar-refractivity contribution in [3.05, 3.63) is 217 Å². The first-order valence-electron chi connectivity index (χ1n) is 23.0. The first-order valence-corrected chi connectivity index (χ1v) is 23.8. The third-order valence-corrected chi connectivity index (χ3v) is 14.8. The quantitative estimate of drug-likeness (QED) is 0.160. The lowest BCUT2D eigenvalue weighted by Gasteiger charge is -2.29. The Hall–Kier alpha value is -8.58. The highest BCUT2D eigenvalue weighted by atomic mass is 32.1. The molecule has 4 aromatic heterocycles. The average molecular weight is 893 g/mol. The van der Waals surface area contributed by atoms with Crippen molar-refractivity contribution in [2.24, 2.45) is 0 Å². The summed E-state index contributed by atoms with van der Waals surface area (Å²) in [6.07, 6.45) is 0. The van der Waals surface area contributed by atoms with Crippen LogP contribution >= 0.6 is 11.3 Å². The fourth-order valence-corrected chi connectivity index (χ4v) is 11.7. The van der Waals surface area contributed by atoms with Crippen LogP contribution in [0.2, 0.25) is 0 Å². The number of anilines is 6. The average Bonchev–Trinajstić information content (AvgIpc) is 4.13. The van der Waals surface area contributed by atoms with Crippen molar-refractivity contribution in [1.29, 1.82) is 0 Å². The summed E-state index contributed by atoms with van der Waals surface area (Å²) in [6, 6.07) is 73.2. The van der Waals surface area contributed by atoms with Crippen LogP contribution in [0, 0.1) is 13.8 Å². The second-order valence-electron chi connectivity index (χ2n) is 17.7. The van der Waals surface area contributed by atoms with E-state index in [4.69, 9.17) is 13.3 Å². The van der Waals surface area contributed by atoms with Crippen LogP contribution in [-0.4, -0.2) is 0 Å². The number of hydrogen-bond acceptors (Lipinski definition) is 6. The fraction of sp³-hybridized carbons (Fsp3) is 0.0323. The molecule has 5 nitrogen and oxygen atoms in total. The molecule has 10 aromatic carbocycles. The number of rotatable bonds is 7. The predicted molar refractivity (Wildman–Crippen MR) is 285 cm³/mol. The zero-order chi connectivity index (χ0) is 45.0. The van der Waals surface area contributed by atoms with Crippen LogP contribution in [0.3, 0.4) is 0 Å². The van der Waals surface area contributed by atoms with E-state index in [9.17, 15) is 0 Å². The highest BCUT2D eigenvalue weighted by Crippen LogP contribution is 2.48. The van der Waals surface area contributed by atoms with Crippen molar-refractivity contribution in [2.75, 3.05) is 9.80 Å². The van der Waals surface area contributed by atoms with E-state index in [0.717, 1.165) is 99.9 Å². The Labute approximate surface area is 394 Å². The normalized spacial score (nSPS) is 12.0. The van der Waals surface area contributed by atoms with Gasteiger partial charge in [0.25, 0.3) is 0 Å². The zero-order valence-corrected chi connectivity index (χ0v) is 38.0. The number of hydrogen-bond donors (Lipinski definition) is 0. The Morgan fingerprint density at radius 2 is 0.779 bits per heavy atom. The summed E-state index contributed by atoms with van der Waals surface area (Å²) in [5, 5.41) is 8.56. The molecule has 68 heavy (non-hydrogen) atoms. The standard InChI is InChI=1S/C62H40N2O3S/c1-37-15-9-10-21-43(37)61-38(2)16-13-23-51(61)63(39-17-5-3-6-18-39)41-27-29-44-47-33-57-49(35-55(47)65-53(44)31-41)50-36-56-48(34-58(50)67-57)45-30-28-42(32-54(45)66-56)64(40-19-7-4-8-20-40)52-24-14-26-60-62(52)46-22-11-12-25-59(46)68-60/h3-36H,1-2H3. The van der Waals surface area contributed by atoms with Gasteiger partial charge in [-0.1, -0.05) is 97.1 Å². The van der Waals surface area contributed by atoms with Crippen LogP contribution < -0.4 is 9.80 Å². The molecule has 0 radical (unpaired) electrons. The third kappa shape index (κ3) is 5.94. The van der Waals surface area contributed by atoms with E-state index in [0.29, 0.717) is 0 Å².